The van der Waals surface area contributed by atoms with E-state index < -0.39 is 0 Å². The number of nitrogens with zero attached hydrogens (tertiary/aromatic N) is 3. The molecule has 1 aromatic heterocycles. The normalized spacial score (nSPS) is 11.9. The largest absolute Gasteiger partial charge is 0.508 e. The highest BCUT2D eigenvalue weighted by molar-refractivity contribution is 6.29. The Kier molecular flexibility index (Phi) is 4.20. The molecule has 0 radical (unpaired) electrons. The summed E-state index contributed by atoms with van der Waals surface area (Å²) < 4.78 is 0. The molecule has 0 aliphatic rings. The molecule has 0 spiro atoms. The molecule has 0 saturated heterocycles. The number of phenolic OH excluding ortho intramolecular Hbond substituents is 1. The number of hydrogen-bond acceptors (Lipinski definition) is 4. The Morgan fingerprint density at radius 1 is 1.25 bits per heavy atom. The fraction of sp³-hybridized carbons (Fsp3) is 0.214. The monoisotopic (exact) mass is 291 g/mol. The Morgan fingerprint density at radius 2 is 1.95 bits per heavy atom. The molecule has 1 amide bonds. The summed E-state index contributed by atoms with van der Waals surface area (Å²) in [7, 11) is 1.65. The van der Waals surface area contributed by atoms with Gasteiger partial charge in [-0.15, -0.1) is 10.2 Å². The number of amides is 1. The predicted molar refractivity (Wildman–Crippen MR) is 75.7 cm³/mol. The van der Waals surface area contributed by atoms with Crippen LogP contribution in [0.3, 0.4) is 0 Å². The smallest absolute Gasteiger partial charge is 0.274 e. The summed E-state index contributed by atoms with van der Waals surface area (Å²) in [6.07, 6.45) is 0. The van der Waals surface area contributed by atoms with E-state index in [-0.39, 0.29) is 28.5 Å². The van der Waals surface area contributed by atoms with Gasteiger partial charge in [0.15, 0.2) is 10.8 Å². The highest BCUT2D eigenvalue weighted by atomic mass is 35.5. The highest BCUT2D eigenvalue weighted by Crippen LogP contribution is 2.27. The summed E-state index contributed by atoms with van der Waals surface area (Å²) in [5.74, 6) is -0.133. The first-order valence-electron chi connectivity index (χ1n) is 6.05. The zero-order valence-corrected chi connectivity index (χ0v) is 11.9. The van der Waals surface area contributed by atoms with Crippen LogP contribution in [0.25, 0.3) is 0 Å². The third-order valence-electron chi connectivity index (χ3n) is 3.14. The highest BCUT2D eigenvalue weighted by Gasteiger charge is 2.22. The lowest BCUT2D eigenvalue weighted by molar-refractivity contribution is 0.0734. The Labute approximate surface area is 121 Å². The molecular weight excluding hydrogens is 278 g/mol. The lowest BCUT2D eigenvalue weighted by Gasteiger charge is -2.25. The van der Waals surface area contributed by atoms with Gasteiger partial charge in [0, 0.05) is 12.6 Å². The molecule has 1 atom stereocenters. The van der Waals surface area contributed by atoms with Crippen molar-refractivity contribution < 1.29 is 9.90 Å². The fourth-order valence-electron chi connectivity index (χ4n) is 1.84. The van der Waals surface area contributed by atoms with Crippen LogP contribution in [-0.4, -0.2) is 33.2 Å². The average Bonchev–Trinajstić information content (AvgIpc) is 2.46. The number of phenols is 1. The first-order valence-corrected chi connectivity index (χ1v) is 6.42. The van der Waals surface area contributed by atoms with Gasteiger partial charge in [-0.05, 0) is 25.1 Å². The molecule has 20 heavy (non-hydrogen) atoms. The number of benzene rings is 1. The third kappa shape index (κ3) is 2.88. The van der Waals surface area contributed by atoms with Crippen molar-refractivity contribution in [1.29, 1.82) is 0 Å². The van der Waals surface area contributed by atoms with Crippen LogP contribution in [-0.2, 0) is 0 Å². The number of carbonyl (C=O) groups is 1. The Balaban J connectivity index is 2.22. The maximum Gasteiger partial charge on any atom is 0.274 e. The minimum atomic E-state index is -0.291. The quantitative estimate of drug-likeness (QED) is 0.944. The van der Waals surface area contributed by atoms with Crippen LogP contribution in [0.4, 0.5) is 0 Å². The molecular formula is C14H14ClN3O2. The fourth-order valence-corrected chi connectivity index (χ4v) is 1.94. The zero-order chi connectivity index (χ0) is 14.7. The minimum absolute atomic E-state index is 0.154. The molecule has 6 heteroatoms. The Morgan fingerprint density at radius 3 is 2.55 bits per heavy atom. The van der Waals surface area contributed by atoms with Crippen LogP contribution in [0, 0.1) is 0 Å². The van der Waals surface area contributed by atoms with Gasteiger partial charge in [-0.3, -0.25) is 4.79 Å². The van der Waals surface area contributed by atoms with Gasteiger partial charge in [-0.25, -0.2) is 0 Å². The molecule has 0 aliphatic carbocycles. The third-order valence-corrected chi connectivity index (χ3v) is 3.34. The summed E-state index contributed by atoms with van der Waals surface area (Å²) in [6.45, 7) is 1.83. The molecule has 0 aliphatic heterocycles. The van der Waals surface area contributed by atoms with Gasteiger partial charge in [0.1, 0.15) is 5.75 Å². The van der Waals surface area contributed by atoms with Gasteiger partial charge < -0.3 is 10.0 Å². The molecule has 2 aromatic rings. The summed E-state index contributed by atoms with van der Waals surface area (Å²) >= 11 is 5.64. The summed E-state index contributed by atoms with van der Waals surface area (Å²) in [5, 5.41) is 17.5. The van der Waals surface area contributed by atoms with Crippen molar-refractivity contribution in [2.24, 2.45) is 0 Å². The van der Waals surface area contributed by atoms with E-state index in [1.54, 1.807) is 25.2 Å². The van der Waals surface area contributed by atoms with Crippen LogP contribution >= 0.6 is 11.6 Å². The average molecular weight is 292 g/mol. The van der Waals surface area contributed by atoms with Crippen LogP contribution in [0.5, 0.6) is 5.75 Å². The summed E-state index contributed by atoms with van der Waals surface area (Å²) in [6, 6.07) is 9.65. The first kappa shape index (κ1) is 14.3. The number of halogens is 1. The number of carbonyl (C=O) groups excluding carboxylic acids is 1. The molecule has 0 fully saturated rings. The predicted octanol–water partition coefficient (Wildman–Crippen LogP) is 2.67. The molecule has 104 valence electrons. The van der Waals surface area contributed by atoms with Crippen molar-refractivity contribution in [3.63, 3.8) is 0 Å². The van der Waals surface area contributed by atoms with Crippen LogP contribution in [0.1, 0.15) is 29.0 Å². The van der Waals surface area contributed by atoms with E-state index in [0.717, 1.165) is 0 Å². The number of aromatic nitrogens is 2. The molecule has 1 N–H and O–H groups in total. The summed E-state index contributed by atoms with van der Waals surface area (Å²) in [4.78, 5) is 13.8. The Bertz CT molecular complexity index is 616. The van der Waals surface area contributed by atoms with Gasteiger partial charge in [0.05, 0.1) is 6.04 Å². The Hall–Kier alpha value is -2.14. The van der Waals surface area contributed by atoms with Crippen molar-refractivity contribution in [1.82, 2.24) is 15.1 Å². The van der Waals surface area contributed by atoms with E-state index in [1.165, 1.54) is 17.0 Å². The van der Waals surface area contributed by atoms with Crippen LogP contribution < -0.4 is 0 Å². The van der Waals surface area contributed by atoms with Crippen LogP contribution in [0.15, 0.2) is 36.4 Å². The molecule has 1 unspecified atom stereocenters. The van der Waals surface area contributed by atoms with Crippen molar-refractivity contribution in [3.05, 3.63) is 52.8 Å². The second kappa shape index (κ2) is 5.88. The second-order valence-electron chi connectivity index (χ2n) is 4.39. The summed E-state index contributed by atoms with van der Waals surface area (Å²) in [5.41, 5.74) is 0.879. The molecule has 0 bridgehead atoms. The van der Waals surface area contributed by atoms with E-state index in [0.29, 0.717) is 5.56 Å². The molecule has 5 nitrogen and oxygen atoms in total. The first-order chi connectivity index (χ1) is 9.50. The van der Waals surface area contributed by atoms with E-state index in [9.17, 15) is 9.90 Å². The molecule has 1 aromatic carbocycles. The lowest BCUT2D eigenvalue weighted by atomic mass is 10.1. The zero-order valence-electron chi connectivity index (χ0n) is 11.1. The minimum Gasteiger partial charge on any atom is -0.508 e. The van der Waals surface area contributed by atoms with Crippen molar-refractivity contribution in [3.8, 4) is 5.75 Å². The van der Waals surface area contributed by atoms with E-state index >= 15 is 0 Å². The second-order valence-corrected chi connectivity index (χ2v) is 4.78. The van der Waals surface area contributed by atoms with E-state index in [1.807, 2.05) is 13.0 Å². The van der Waals surface area contributed by atoms with Crippen molar-refractivity contribution >= 4 is 17.5 Å². The van der Waals surface area contributed by atoms with Crippen LogP contribution in [0.2, 0.25) is 5.15 Å². The number of hydrogen-bond donors (Lipinski definition) is 1. The molecule has 2 rings (SSSR count). The van der Waals surface area contributed by atoms with Gasteiger partial charge in [-0.1, -0.05) is 29.8 Å². The van der Waals surface area contributed by atoms with E-state index in [4.69, 9.17) is 11.6 Å². The van der Waals surface area contributed by atoms with Gasteiger partial charge >= 0.3 is 0 Å². The molecule has 1 heterocycles. The lowest BCUT2D eigenvalue weighted by Crippen LogP contribution is -2.30. The topological polar surface area (TPSA) is 66.3 Å². The van der Waals surface area contributed by atoms with Crippen molar-refractivity contribution in [2.45, 2.75) is 13.0 Å². The standard InChI is InChI=1S/C14H14ClN3O2/c1-9(10-5-3-4-6-12(10)19)18(2)14(20)11-7-8-13(15)17-16-11/h3-9,19H,1-2H3. The van der Waals surface area contributed by atoms with Gasteiger partial charge in [0.25, 0.3) is 5.91 Å². The van der Waals surface area contributed by atoms with Gasteiger partial charge in [0.2, 0.25) is 0 Å². The number of para-hydroxylation sites is 1. The number of aromatic hydroxyl groups is 1. The SMILES string of the molecule is CC(c1ccccc1O)N(C)C(=O)c1ccc(Cl)nn1. The van der Waals surface area contributed by atoms with Gasteiger partial charge in [-0.2, -0.15) is 0 Å². The van der Waals surface area contributed by atoms with E-state index in [2.05, 4.69) is 10.2 Å². The molecule has 0 saturated carbocycles. The maximum absolute atomic E-state index is 12.3. The van der Waals surface area contributed by atoms with Crippen molar-refractivity contribution in [2.75, 3.05) is 7.05 Å². The maximum atomic E-state index is 12.3. The number of rotatable bonds is 3.